The van der Waals surface area contributed by atoms with E-state index in [0.717, 1.165) is 5.56 Å². The molecule has 0 aliphatic carbocycles. The normalized spacial score (nSPS) is 12.2. The Balaban J connectivity index is 2.56. The van der Waals surface area contributed by atoms with Crippen molar-refractivity contribution in [3.8, 4) is 0 Å². The highest BCUT2D eigenvalue weighted by Crippen LogP contribution is 2.04. The van der Waals surface area contributed by atoms with Gasteiger partial charge < -0.3 is 10.0 Å². The minimum atomic E-state index is -0.124. The molecule has 0 spiro atoms. The lowest BCUT2D eigenvalue weighted by atomic mass is 10.1. The average molecular weight is 207 g/mol. The van der Waals surface area contributed by atoms with Crippen LogP contribution in [0.1, 0.15) is 12.5 Å². The van der Waals surface area contributed by atoms with Gasteiger partial charge in [0.05, 0.1) is 19.1 Å². The Morgan fingerprint density at radius 1 is 1.40 bits per heavy atom. The quantitative estimate of drug-likeness (QED) is 0.802. The standard InChI is InChI=1S/C12H17NO2/c1-10(9-14)13(2)12(15)8-11-6-4-3-5-7-11/h3-7,10,14H,8-9H2,1-2H3. The van der Waals surface area contributed by atoms with E-state index in [1.165, 1.54) is 0 Å². The monoisotopic (exact) mass is 207 g/mol. The first-order valence-corrected chi connectivity index (χ1v) is 5.05. The number of likely N-dealkylation sites (N-methyl/N-ethyl adjacent to an activating group) is 1. The molecule has 1 unspecified atom stereocenters. The minimum absolute atomic E-state index is 0.00295. The topological polar surface area (TPSA) is 40.5 Å². The summed E-state index contributed by atoms with van der Waals surface area (Å²) in [6, 6.07) is 9.48. The van der Waals surface area contributed by atoms with E-state index in [2.05, 4.69) is 0 Å². The van der Waals surface area contributed by atoms with Gasteiger partial charge in [0.2, 0.25) is 5.91 Å². The molecule has 3 heteroatoms. The molecular formula is C12H17NO2. The molecule has 15 heavy (non-hydrogen) atoms. The van der Waals surface area contributed by atoms with Crippen molar-refractivity contribution in [2.75, 3.05) is 13.7 Å². The summed E-state index contributed by atoms with van der Waals surface area (Å²) in [6.07, 6.45) is 0.391. The molecule has 0 aliphatic heterocycles. The highest BCUT2D eigenvalue weighted by Gasteiger charge is 2.14. The maximum Gasteiger partial charge on any atom is 0.227 e. The van der Waals surface area contributed by atoms with Gasteiger partial charge in [-0.1, -0.05) is 30.3 Å². The van der Waals surface area contributed by atoms with Gasteiger partial charge in [-0.3, -0.25) is 4.79 Å². The summed E-state index contributed by atoms with van der Waals surface area (Å²) in [4.78, 5) is 13.3. The average Bonchev–Trinajstić information content (AvgIpc) is 2.28. The van der Waals surface area contributed by atoms with E-state index >= 15 is 0 Å². The van der Waals surface area contributed by atoms with Crippen LogP contribution < -0.4 is 0 Å². The van der Waals surface area contributed by atoms with Gasteiger partial charge in [-0.15, -0.1) is 0 Å². The SMILES string of the molecule is CC(CO)N(C)C(=O)Cc1ccccc1. The van der Waals surface area contributed by atoms with E-state index < -0.39 is 0 Å². The van der Waals surface area contributed by atoms with Crippen molar-refractivity contribution >= 4 is 5.91 Å². The number of aliphatic hydroxyl groups excluding tert-OH is 1. The zero-order valence-electron chi connectivity index (χ0n) is 9.18. The predicted octanol–water partition coefficient (Wildman–Crippen LogP) is 1.07. The molecular weight excluding hydrogens is 190 g/mol. The van der Waals surface area contributed by atoms with Crippen LogP contribution >= 0.6 is 0 Å². The molecule has 1 aromatic carbocycles. The second-order valence-electron chi connectivity index (χ2n) is 3.70. The van der Waals surface area contributed by atoms with Gasteiger partial charge in [0.1, 0.15) is 0 Å². The molecule has 3 nitrogen and oxygen atoms in total. The highest BCUT2D eigenvalue weighted by molar-refractivity contribution is 5.78. The van der Waals surface area contributed by atoms with E-state index in [4.69, 9.17) is 5.11 Å². The van der Waals surface area contributed by atoms with Crippen molar-refractivity contribution < 1.29 is 9.90 Å². The Bertz CT molecular complexity index is 311. The Morgan fingerprint density at radius 3 is 2.53 bits per heavy atom. The van der Waals surface area contributed by atoms with Crippen molar-refractivity contribution in [3.05, 3.63) is 35.9 Å². The summed E-state index contributed by atoms with van der Waals surface area (Å²) >= 11 is 0. The van der Waals surface area contributed by atoms with E-state index in [1.807, 2.05) is 37.3 Å². The molecule has 0 heterocycles. The van der Waals surface area contributed by atoms with Gasteiger partial charge in [-0.2, -0.15) is 0 Å². The number of carbonyl (C=O) groups excluding carboxylic acids is 1. The molecule has 0 aliphatic rings. The van der Waals surface area contributed by atoms with Crippen molar-refractivity contribution in [2.45, 2.75) is 19.4 Å². The number of rotatable bonds is 4. The third-order valence-corrected chi connectivity index (χ3v) is 2.52. The number of hydrogen-bond acceptors (Lipinski definition) is 2. The van der Waals surface area contributed by atoms with Crippen LogP contribution in [0.3, 0.4) is 0 Å². The van der Waals surface area contributed by atoms with Crippen molar-refractivity contribution in [3.63, 3.8) is 0 Å². The first kappa shape index (κ1) is 11.7. The Morgan fingerprint density at radius 2 is 2.00 bits per heavy atom. The van der Waals surface area contributed by atoms with Gasteiger partial charge in [-0.25, -0.2) is 0 Å². The molecule has 1 atom stereocenters. The summed E-state index contributed by atoms with van der Waals surface area (Å²) in [5.41, 5.74) is 1.000. The van der Waals surface area contributed by atoms with E-state index in [0.29, 0.717) is 6.42 Å². The zero-order chi connectivity index (χ0) is 11.3. The van der Waals surface area contributed by atoms with E-state index in [1.54, 1.807) is 11.9 Å². The fraction of sp³-hybridized carbons (Fsp3) is 0.417. The van der Waals surface area contributed by atoms with E-state index in [9.17, 15) is 4.79 Å². The van der Waals surface area contributed by atoms with Gasteiger partial charge >= 0.3 is 0 Å². The van der Waals surface area contributed by atoms with Gasteiger partial charge in [0.25, 0.3) is 0 Å². The van der Waals surface area contributed by atoms with Crippen LogP contribution in [-0.4, -0.2) is 35.6 Å². The molecule has 0 aromatic heterocycles. The van der Waals surface area contributed by atoms with Crippen LogP contribution in [0.2, 0.25) is 0 Å². The molecule has 0 radical (unpaired) electrons. The third-order valence-electron chi connectivity index (χ3n) is 2.52. The molecule has 0 bridgehead atoms. The summed E-state index contributed by atoms with van der Waals surface area (Å²) in [5, 5.41) is 8.93. The van der Waals surface area contributed by atoms with Crippen LogP contribution in [0.15, 0.2) is 30.3 Å². The third kappa shape index (κ3) is 3.36. The lowest BCUT2D eigenvalue weighted by molar-refractivity contribution is -0.131. The Kier molecular flexibility index (Phi) is 4.31. The van der Waals surface area contributed by atoms with Gasteiger partial charge in [0, 0.05) is 7.05 Å². The second-order valence-corrected chi connectivity index (χ2v) is 3.70. The lowest BCUT2D eigenvalue weighted by Gasteiger charge is -2.23. The maximum atomic E-state index is 11.7. The second kappa shape index (κ2) is 5.51. The van der Waals surface area contributed by atoms with Gasteiger partial charge in [-0.05, 0) is 12.5 Å². The molecule has 0 saturated heterocycles. The van der Waals surface area contributed by atoms with Crippen molar-refractivity contribution in [1.82, 2.24) is 4.90 Å². The smallest absolute Gasteiger partial charge is 0.227 e. The number of hydrogen-bond donors (Lipinski definition) is 1. The zero-order valence-corrected chi connectivity index (χ0v) is 9.18. The molecule has 0 saturated carbocycles. The van der Waals surface area contributed by atoms with Crippen LogP contribution in [0, 0.1) is 0 Å². The molecule has 82 valence electrons. The fourth-order valence-electron chi connectivity index (χ4n) is 1.26. The number of nitrogens with zero attached hydrogens (tertiary/aromatic N) is 1. The first-order chi connectivity index (χ1) is 7.15. The maximum absolute atomic E-state index is 11.7. The number of benzene rings is 1. The van der Waals surface area contributed by atoms with Crippen LogP contribution in [-0.2, 0) is 11.2 Å². The van der Waals surface area contributed by atoms with Crippen molar-refractivity contribution in [2.24, 2.45) is 0 Å². The summed E-state index contributed by atoms with van der Waals surface area (Å²) < 4.78 is 0. The summed E-state index contributed by atoms with van der Waals surface area (Å²) in [5.74, 6) is 0.0303. The predicted molar refractivity (Wildman–Crippen MR) is 59.5 cm³/mol. The number of aliphatic hydroxyl groups is 1. The van der Waals surface area contributed by atoms with Crippen LogP contribution in [0.4, 0.5) is 0 Å². The minimum Gasteiger partial charge on any atom is -0.394 e. The number of amides is 1. The van der Waals surface area contributed by atoms with Crippen molar-refractivity contribution in [1.29, 1.82) is 0 Å². The van der Waals surface area contributed by atoms with Gasteiger partial charge in [0.15, 0.2) is 0 Å². The molecule has 1 rings (SSSR count). The largest absolute Gasteiger partial charge is 0.394 e. The molecule has 0 fully saturated rings. The molecule has 1 N–H and O–H groups in total. The number of carbonyl (C=O) groups is 1. The van der Waals surface area contributed by atoms with E-state index in [-0.39, 0.29) is 18.6 Å². The van der Waals surface area contributed by atoms with Crippen LogP contribution in [0.25, 0.3) is 0 Å². The Hall–Kier alpha value is -1.35. The van der Waals surface area contributed by atoms with Crippen LogP contribution in [0.5, 0.6) is 0 Å². The highest BCUT2D eigenvalue weighted by atomic mass is 16.3. The lowest BCUT2D eigenvalue weighted by Crippen LogP contribution is -2.38. The Labute approximate surface area is 90.3 Å². The summed E-state index contributed by atoms with van der Waals surface area (Å²) in [7, 11) is 1.71. The molecule has 1 amide bonds. The summed E-state index contributed by atoms with van der Waals surface area (Å²) in [6.45, 7) is 1.82. The fourth-order valence-corrected chi connectivity index (χ4v) is 1.26. The first-order valence-electron chi connectivity index (χ1n) is 5.05. The molecule has 1 aromatic rings.